The number of rotatable bonds is 4. The van der Waals surface area contributed by atoms with E-state index in [1.807, 2.05) is 23.6 Å². The molecule has 0 N–H and O–H groups in total. The second-order valence-electron chi connectivity index (χ2n) is 5.37. The summed E-state index contributed by atoms with van der Waals surface area (Å²) < 4.78 is 23.5. The number of hydrogen-bond donors (Lipinski definition) is 0. The van der Waals surface area contributed by atoms with Gasteiger partial charge in [0, 0.05) is 24.4 Å². The van der Waals surface area contributed by atoms with Crippen molar-refractivity contribution in [2.24, 2.45) is 0 Å². The molecule has 0 bridgehead atoms. The summed E-state index contributed by atoms with van der Waals surface area (Å²) in [6.45, 7) is 2.26. The highest BCUT2D eigenvalue weighted by atomic mass is 32.2. The van der Waals surface area contributed by atoms with E-state index in [1.54, 1.807) is 35.3 Å². The fourth-order valence-electron chi connectivity index (χ4n) is 2.48. The van der Waals surface area contributed by atoms with Gasteiger partial charge in [0.1, 0.15) is 0 Å². The number of amides is 1. The van der Waals surface area contributed by atoms with Gasteiger partial charge in [0.2, 0.25) is 0 Å². The van der Waals surface area contributed by atoms with Crippen molar-refractivity contribution in [2.75, 3.05) is 18.8 Å². The van der Waals surface area contributed by atoms with Crippen molar-refractivity contribution >= 4 is 27.1 Å². The largest absolute Gasteiger partial charge is 0.336 e. The first-order valence-electron chi connectivity index (χ1n) is 7.14. The monoisotopic (exact) mass is 335 g/mol. The zero-order valence-corrected chi connectivity index (χ0v) is 13.9. The van der Waals surface area contributed by atoms with Gasteiger partial charge in [-0.1, -0.05) is 19.1 Å². The Morgan fingerprint density at radius 2 is 1.86 bits per heavy atom. The smallest absolute Gasteiger partial charge is 0.253 e. The summed E-state index contributed by atoms with van der Waals surface area (Å²) in [5.41, 5.74) is 2.82. The number of hydrogen-bond acceptors (Lipinski definition) is 4. The topological polar surface area (TPSA) is 54.5 Å². The predicted octanol–water partition coefficient (Wildman–Crippen LogP) is 2.67. The number of benzene rings is 1. The van der Waals surface area contributed by atoms with E-state index in [-0.39, 0.29) is 11.7 Å². The molecular formula is C16H17NO3S2. The maximum absolute atomic E-state index is 12.3. The van der Waals surface area contributed by atoms with Crippen LogP contribution in [0, 0.1) is 0 Å². The molecule has 2 aromatic rings. The van der Waals surface area contributed by atoms with Crippen LogP contribution in [0.5, 0.6) is 0 Å². The molecule has 1 saturated heterocycles. The van der Waals surface area contributed by atoms with Crippen molar-refractivity contribution in [2.45, 2.75) is 12.2 Å². The third-order valence-corrected chi connectivity index (χ3v) is 6.83. The number of thiophene rings is 1. The summed E-state index contributed by atoms with van der Waals surface area (Å²) >= 11 is 1.64. The van der Waals surface area contributed by atoms with Crippen LogP contribution in [0.4, 0.5) is 0 Å². The third-order valence-electron chi connectivity index (χ3n) is 4.03. The lowest BCUT2D eigenvalue weighted by molar-refractivity contribution is 0.0659. The minimum Gasteiger partial charge on any atom is -0.336 e. The molecule has 1 aliphatic rings. The lowest BCUT2D eigenvalue weighted by Crippen LogP contribution is -2.57. The summed E-state index contributed by atoms with van der Waals surface area (Å²) in [5, 5.41) is 3.68. The molecule has 2 heterocycles. The fraction of sp³-hybridized carbons (Fsp3) is 0.312. The van der Waals surface area contributed by atoms with E-state index >= 15 is 0 Å². The molecule has 1 aromatic carbocycles. The zero-order chi connectivity index (χ0) is 15.7. The average molecular weight is 335 g/mol. The Kier molecular flexibility index (Phi) is 4.06. The molecule has 0 spiro atoms. The van der Waals surface area contributed by atoms with Gasteiger partial charge in [0.15, 0.2) is 9.84 Å². The summed E-state index contributed by atoms with van der Waals surface area (Å²) in [6.07, 6.45) is 0. The molecule has 6 heteroatoms. The van der Waals surface area contributed by atoms with Crippen LogP contribution in [-0.4, -0.2) is 43.3 Å². The van der Waals surface area contributed by atoms with Crippen LogP contribution in [0.2, 0.25) is 0 Å². The van der Waals surface area contributed by atoms with Crippen LogP contribution < -0.4 is 0 Å². The second-order valence-corrected chi connectivity index (χ2v) is 8.72. The molecule has 1 aromatic heterocycles. The lowest BCUT2D eigenvalue weighted by atomic mass is 10.1. The third kappa shape index (κ3) is 2.80. The number of carbonyl (C=O) groups excluding carboxylic acids is 1. The molecule has 22 heavy (non-hydrogen) atoms. The minimum absolute atomic E-state index is 0.0978. The molecule has 0 radical (unpaired) electrons. The number of carbonyl (C=O) groups is 1. The number of nitrogens with zero attached hydrogens (tertiary/aromatic N) is 1. The molecule has 1 aliphatic heterocycles. The highest BCUT2D eigenvalue weighted by Gasteiger charge is 2.38. The summed E-state index contributed by atoms with van der Waals surface area (Å²) in [6, 6.07) is 9.50. The highest BCUT2D eigenvalue weighted by molar-refractivity contribution is 7.92. The van der Waals surface area contributed by atoms with Gasteiger partial charge in [-0.25, -0.2) is 8.42 Å². The number of sulfone groups is 1. The molecule has 1 amide bonds. The van der Waals surface area contributed by atoms with Crippen LogP contribution in [0.15, 0.2) is 41.1 Å². The van der Waals surface area contributed by atoms with Gasteiger partial charge in [-0.05, 0) is 40.1 Å². The van der Waals surface area contributed by atoms with E-state index in [0.717, 1.165) is 11.1 Å². The van der Waals surface area contributed by atoms with E-state index in [1.165, 1.54) is 0 Å². The molecular weight excluding hydrogens is 318 g/mol. The van der Waals surface area contributed by atoms with E-state index in [0.29, 0.717) is 18.7 Å². The molecule has 1 fully saturated rings. The molecule has 0 aliphatic carbocycles. The van der Waals surface area contributed by atoms with Gasteiger partial charge in [-0.15, -0.1) is 0 Å². The Morgan fingerprint density at radius 3 is 2.41 bits per heavy atom. The maximum Gasteiger partial charge on any atom is 0.253 e. The summed E-state index contributed by atoms with van der Waals surface area (Å²) in [7, 11) is -3.04. The molecule has 0 unspecified atom stereocenters. The maximum atomic E-state index is 12.3. The van der Waals surface area contributed by atoms with Crippen molar-refractivity contribution < 1.29 is 13.2 Å². The van der Waals surface area contributed by atoms with Gasteiger partial charge < -0.3 is 4.90 Å². The molecule has 4 nitrogen and oxygen atoms in total. The van der Waals surface area contributed by atoms with Crippen LogP contribution in [0.1, 0.15) is 17.3 Å². The average Bonchev–Trinajstić information content (AvgIpc) is 2.99. The highest BCUT2D eigenvalue weighted by Crippen LogP contribution is 2.24. The molecule has 116 valence electrons. The quantitative estimate of drug-likeness (QED) is 0.863. The Labute approximate surface area is 134 Å². The van der Waals surface area contributed by atoms with Crippen LogP contribution >= 0.6 is 11.3 Å². The van der Waals surface area contributed by atoms with Gasteiger partial charge in [0.25, 0.3) is 5.91 Å². The van der Waals surface area contributed by atoms with Gasteiger partial charge >= 0.3 is 0 Å². The zero-order valence-electron chi connectivity index (χ0n) is 12.2. The lowest BCUT2D eigenvalue weighted by Gasteiger charge is -2.38. The Balaban J connectivity index is 1.67. The normalized spacial score (nSPS) is 15.6. The first-order chi connectivity index (χ1) is 10.5. The van der Waals surface area contributed by atoms with Crippen molar-refractivity contribution in [3.8, 4) is 11.1 Å². The first-order valence-corrected chi connectivity index (χ1v) is 9.80. The van der Waals surface area contributed by atoms with Crippen molar-refractivity contribution in [3.63, 3.8) is 0 Å². The predicted molar refractivity (Wildman–Crippen MR) is 88.9 cm³/mol. The molecule has 3 rings (SSSR count). The van der Waals surface area contributed by atoms with Crippen LogP contribution in [0.3, 0.4) is 0 Å². The van der Waals surface area contributed by atoms with Crippen LogP contribution in [0.25, 0.3) is 11.1 Å². The van der Waals surface area contributed by atoms with E-state index in [2.05, 4.69) is 5.38 Å². The fourth-order valence-corrected chi connectivity index (χ4v) is 4.43. The summed E-state index contributed by atoms with van der Waals surface area (Å²) in [5.74, 6) is 0.0362. The van der Waals surface area contributed by atoms with Gasteiger partial charge in [-0.3, -0.25) is 4.79 Å². The van der Waals surface area contributed by atoms with Crippen LogP contribution in [-0.2, 0) is 9.84 Å². The number of likely N-dealkylation sites (tertiary alicyclic amines) is 1. The summed E-state index contributed by atoms with van der Waals surface area (Å²) in [4.78, 5) is 13.9. The van der Waals surface area contributed by atoms with E-state index in [9.17, 15) is 13.2 Å². The Bertz CT molecular complexity index is 758. The molecule has 0 atom stereocenters. The molecule has 0 saturated carbocycles. The Hall–Kier alpha value is -1.66. The van der Waals surface area contributed by atoms with Crippen molar-refractivity contribution in [3.05, 3.63) is 46.7 Å². The van der Waals surface area contributed by atoms with Gasteiger partial charge in [-0.2, -0.15) is 11.3 Å². The van der Waals surface area contributed by atoms with E-state index < -0.39 is 15.1 Å². The van der Waals surface area contributed by atoms with E-state index in [4.69, 9.17) is 0 Å². The SMILES string of the molecule is CCS(=O)(=O)C1CN(C(=O)c2ccc(-c3ccsc3)cc2)C1. The van der Waals surface area contributed by atoms with Crippen molar-refractivity contribution in [1.82, 2.24) is 4.90 Å². The second kappa shape index (κ2) is 5.85. The first kappa shape index (κ1) is 15.2. The van der Waals surface area contributed by atoms with Crippen molar-refractivity contribution in [1.29, 1.82) is 0 Å². The minimum atomic E-state index is -3.04. The Morgan fingerprint density at radius 1 is 1.18 bits per heavy atom. The standard InChI is InChI=1S/C16H17NO3S2/c1-2-22(19,20)15-9-17(10-15)16(18)13-5-3-12(4-6-13)14-7-8-21-11-14/h3-8,11,15H,2,9-10H2,1H3. The van der Waals surface area contributed by atoms with Gasteiger partial charge in [0.05, 0.1) is 5.25 Å².